The van der Waals surface area contributed by atoms with Crippen molar-refractivity contribution >= 4 is 43.2 Å². The first-order valence-electron chi connectivity index (χ1n) is 8.20. The van der Waals surface area contributed by atoms with Crippen LogP contribution >= 0.6 is 11.3 Å². The summed E-state index contributed by atoms with van der Waals surface area (Å²) in [6, 6.07) is 11.6. The van der Waals surface area contributed by atoms with E-state index in [4.69, 9.17) is 0 Å². The molecule has 0 saturated heterocycles. The molecular weight excluding hydrogens is 370 g/mol. The number of hydrogen-bond donors (Lipinski definition) is 1. The third-order valence-corrected chi connectivity index (χ3v) is 6.87. The van der Waals surface area contributed by atoms with Gasteiger partial charge in [-0.25, -0.2) is 13.4 Å². The van der Waals surface area contributed by atoms with Crippen LogP contribution < -0.4 is 5.32 Å². The maximum atomic E-state index is 12.6. The quantitative estimate of drug-likeness (QED) is 0.699. The number of aromatic nitrogens is 1. The molecule has 0 aliphatic carbocycles. The van der Waals surface area contributed by atoms with E-state index in [9.17, 15) is 13.2 Å². The number of anilines is 1. The van der Waals surface area contributed by atoms with Gasteiger partial charge in [-0.15, -0.1) is 11.3 Å². The first kappa shape index (κ1) is 18.5. The molecule has 0 fully saturated rings. The van der Waals surface area contributed by atoms with Crippen LogP contribution in [-0.4, -0.2) is 36.7 Å². The molecule has 0 unspecified atom stereocenters. The van der Waals surface area contributed by atoms with Gasteiger partial charge in [0.1, 0.15) is 0 Å². The van der Waals surface area contributed by atoms with Crippen LogP contribution in [0.1, 0.15) is 24.2 Å². The lowest BCUT2D eigenvalue weighted by atomic mass is 10.2. The largest absolute Gasteiger partial charge is 0.322 e. The standard InChI is InChI=1S/C18H19N3O3S2/c1-3-21(4-2)26(23,24)15-7-5-6-14(11-15)20-18(22)13-8-9-16-17(10-13)25-12-19-16/h5-12H,3-4H2,1-2H3,(H,20,22). The molecule has 1 amide bonds. The molecule has 1 N–H and O–H groups in total. The second-order valence-corrected chi connectivity index (χ2v) is 8.43. The Labute approximate surface area is 156 Å². The van der Waals surface area contributed by atoms with Gasteiger partial charge in [-0.05, 0) is 36.4 Å². The summed E-state index contributed by atoms with van der Waals surface area (Å²) in [4.78, 5) is 16.9. The SMILES string of the molecule is CCN(CC)S(=O)(=O)c1cccc(NC(=O)c2ccc3ncsc3c2)c1. The number of amides is 1. The molecule has 3 aromatic rings. The zero-order valence-electron chi connectivity index (χ0n) is 14.5. The number of hydrogen-bond acceptors (Lipinski definition) is 5. The highest BCUT2D eigenvalue weighted by atomic mass is 32.2. The molecule has 0 saturated carbocycles. The highest BCUT2D eigenvalue weighted by Gasteiger charge is 2.22. The number of benzene rings is 2. The first-order valence-corrected chi connectivity index (χ1v) is 10.5. The number of thiazole rings is 1. The number of nitrogens with one attached hydrogen (secondary N) is 1. The van der Waals surface area contributed by atoms with E-state index >= 15 is 0 Å². The lowest BCUT2D eigenvalue weighted by Gasteiger charge is -2.18. The van der Waals surface area contributed by atoms with Gasteiger partial charge < -0.3 is 5.32 Å². The van der Waals surface area contributed by atoms with E-state index in [-0.39, 0.29) is 10.8 Å². The lowest BCUT2D eigenvalue weighted by Crippen LogP contribution is -2.30. The minimum Gasteiger partial charge on any atom is -0.322 e. The predicted molar refractivity (Wildman–Crippen MR) is 104 cm³/mol. The van der Waals surface area contributed by atoms with Crippen LogP contribution in [0.3, 0.4) is 0 Å². The van der Waals surface area contributed by atoms with E-state index in [1.54, 1.807) is 49.7 Å². The van der Waals surface area contributed by atoms with Crippen LogP contribution in [0.2, 0.25) is 0 Å². The van der Waals surface area contributed by atoms with Gasteiger partial charge in [-0.3, -0.25) is 4.79 Å². The summed E-state index contributed by atoms with van der Waals surface area (Å²) in [5.74, 6) is -0.294. The van der Waals surface area contributed by atoms with Crippen molar-refractivity contribution in [3.8, 4) is 0 Å². The van der Waals surface area contributed by atoms with Crippen molar-refractivity contribution in [3.05, 3.63) is 53.5 Å². The van der Waals surface area contributed by atoms with E-state index in [0.29, 0.717) is 24.3 Å². The highest BCUT2D eigenvalue weighted by molar-refractivity contribution is 7.89. The summed E-state index contributed by atoms with van der Waals surface area (Å²) in [5.41, 5.74) is 3.51. The zero-order valence-corrected chi connectivity index (χ0v) is 16.1. The van der Waals surface area contributed by atoms with Crippen molar-refractivity contribution in [3.63, 3.8) is 0 Å². The van der Waals surface area contributed by atoms with Crippen LogP contribution in [-0.2, 0) is 10.0 Å². The van der Waals surface area contributed by atoms with Crippen molar-refractivity contribution in [1.82, 2.24) is 9.29 Å². The number of nitrogens with zero attached hydrogens (tertiary/aromatic N) is 2. The van der Waals surface area contributed by atoms with Gasteiger partial charge in [0, 0.05) is 24.3 Å². The van der Waals surface area contributed by atoms with Crippen molar-refractivity contribution in [1.29, 1.82) is 0 Å². The summed E-state index contributed by atoms with van der Waals surface area (Å²) in [5, 5.41) is 2.76. The summed E-state index contributed by atoms with van der Waals surface area (Å²) in [6.07, 6.45) is 0. The average molecular weight is 390 g/mol. The number of carbonyl (C=O) groups is 1. The van der Waals surface area contributed by atoms with E-state index < -0.39 is 10.0 Å². The van der Waals surface area contributed by atoms with Gasteiger partial charge in [-0.2, -0.15) is 4.31 Å². The average Bonchev–Trinajstić information content (AvgIpc) is 3.10. The molecule has 2 aromatic carbocycles. The summed E-state index contributed by atoms with van der Waals surface area (Å²) in [7, 11) is -3.57. The third kappa shape index (κ3) is 3.62. The van der Waals surface area contributed by atoms with Gasteiger partial charge in [0.15, 0.2) is 0 Å². The minimum absolute atomic E-state index is 0.164. The Bertz CT molecular complexity index is 1040. The van der Waals surface area contributed by atoms with Crippen molar-refractivity contribution < 1.29 is 13.2 Å². The van der Waals surface area contributed by atoms with E-state index in [0.717, 1.165) is 10.2 Å². The number of fused-ring (bicyclic) bond motifs is 1. The summed E-state index contributed by atoms with van der Waals surface area (Å²) >= 11 is 1.46. The fourth-order valence-electron chi connectivity index (χ4n) is 2.65. The molecule has 0 radical (unpaired) electrons. The molecule has 1 heterocycles. The maximum Gasteiger partial charge on any atom is 0.255 e. The second kappa shape index (κ2) is 7.53. The Balaban J connectivity index is 1.85. The van der Waals surface area contributed by atoms with Crippen LogP contribution in [0.5, 0.6) is 0 Å². The van der Waals surface area contributed by atoms with Crippen molar-refractivity contribution in [2.75, 3.05) is 18.4 Å². The van der Waals surface area contributed by atoms with E-state index in [1.807, 2.05) is 0 Å². The van der Waals surface area contributed by atoms with Crippen LogP contribution in [0.15, 0.2) is 52.9 Å². The maximum absolute atomic E-state index is 12.6. The smallest absolute Gasteiger partial charge is 0.255 e. The topological polar surface area (TPSA) is 79.4 Å². The van der Waals surface area contributed by atoms with Gasteiger partial charge in [0.2, 0.25) is 10.0 Å². The fraction of sp³-hybridized carbons (Fsp3) is 0.222. The minimum atomic E-state index is -3.57. The molecule has 1 aromatic heterocycles. The molecule has 0 atom stereocenters. The lowest BCUT2D eigenvalue weighted by molar-refractivity contribution is 0.102. The summed E-state index contributed by atoms with van der Waals surface area (Å²) < 4.78 is 27.6. The van der Waals surface area contributed by atoms with Crippen LogP contribution in [0.25, 0.3) is 10.2 Å². The zero-order chi connectivity index (χ0) is 18.7. The van der Waals surface area contributed by atoms with Gasteiger partial charge in [0.05, 0.1) is 20.6 Å². The van der Waals surface area contributed by atoms with E-state index in [1.165, 1.54) is 27.8 Å². The molecule has 6 nitrogen and oxygen atoms in total. The third-order valence-electron chi connectivity index (χ3n) is 4.03. The predicted octanol–water partition coefficient (Wildman–Crippen LogP) is 3.58. The molecule has 0 aliphatic heterocycles. The Morgan fingerprint density at radius 3 is 2.65 bits per heavy atom. The van der Waals surface area contributed by atoms with Crippen LogP contribution in [0, 0.1) is 0 Å². The normalized spacial score (nSPS) is 11.8. The number of sulfonamides is 1. The van der Waals surface area contributed by atoms with Crippen molar-refractivity contribution in [2.24, 2.45) is 0 Å². The van der Waals surface area contributed by atoms with Gasteiger partial charge in [0.25, 0.3) is 5.91 Å². The Morgan fingerprint density at radius 2 is 1.92 bits per heavy atom. The van der Waals surface area contributed by atoms with Gasteiger partial charge in [-0.1, -0.05) is 19.9 Å². The second-order valence-electron chi connectivity index (χ2n) is 5.61. The molecule has 136 valence electrons. The number of rotatable bonds is 6. The summed E-state index contributed by atoms with van der Waals surface area (Å²) in [6.45, 7) is 4.37. The highest BCUT2D eigenvalue weighted by Crippen LogP contribution is 2.22. The molecule has 3 rings (SSSR count). The Kier molecular flexibility index (Phi) is 5.36. The monoisotopic (exact) mass is 389 g/mol. The Hall–Kier alpha value is -2.29. The van der Waals surface area contributed by atoms with Crippen molar-refractivity contribution in [2.45, 2.75) is 18.7 Å². The number of carbonyl (C=O) groups excluding carboxylic acids is 1. The Morgan fingerprint density at radius 1 is 1.15 bits per heavy atom. The molecule has 26 heavy (non-hydrogen) atoms. The molecule has 8 heteroatoms. The molecule has 0 spiro atoms. The molecular formula is C18H19N3O3S2. The fourth-order valence-corrected chi connectivity index (χ4v) is 4.87. The molecule has 0 bridgehead atoms. The van der Waals surface area contributed by atoms with E-state index in [2.05, 4.69) is 10.3 Å². The first-order chi connectivity index (χ1) is 12.5. The van der Waals surface area contributed by atoms with Gasteiger partial charge >= 0.3 is 0 Å². The molecule has 0 aliphatic rings. The van der Waals surface area contributed by atoms with Crippen LogP contribution in [0.4, 0.5) is 5.69 Å².